The maximum absolute atomic E-state index is 13.9. The van der Waals surface area contributed by atoms with Crippen molar-refractivity contribution in [2.24, 2.45) is 0 Å². The number of aliphatic hydroxyl groups excluding tert-OH is 1. The summed E-state index contributed by atoms with van der Waals surface area (Å²) in [7, 11) is 2.07. The lowest BCUT2D eigenvalue weighted by atomic mass is 9.99. The number of carbonyl (C=O) groups is 1. The topological polar surface area (TPSA) is 117 Å². The lowest BCUT2D eigenvalue weighted by Gasteiger charge is -2.35. The quantitative estimate of drug-likeness (QED) is 0.279. The fraction of sp³-hybridized carbons (Fsp3) is 0.294. The van der Waals surface area contributed by atoms with Gasteiger partial charge in [0, 0.05) is 29.6 Å². The fourth-order valence-electron chi connectivity index (χ4n) is 6.26. The van der Waals surface area contributed by atoms with Crippen LogP contribution in [0.25, 0.3) is 33.7 Å². The maximum Gasteiger partial charge on any atom is 0.262 e. The van der Waals surface area contributed by atoms with Crippen LogP contribution < -0.4 is 14.4 Å². The Kier molecular flexibility index (Phi) is 6.53. The van der Waals surface area contributed by atoms with Gasteiger partial charge in [-0.15, -0.1) is 0 Å². The number of ether oxygens (including phenoxy) is 2. The Morgan fingerprint density at radius 3 is 2.70 bits per heavy atom. The van der Waals surface area contributed by atoms with E-state index in [0.29, 0.717) is 53.0 Å². The molecular formula is C34H32N6O4. The first-order chi connectivity index (χ1) is 21.6. The van der Waals surface area contributed by atoms with E-state index in [-0.39, 0.29) is 18.6 Å². The first kappa shape index (κ1) is 26.8. The van der Waals surface area contributed by atoms with Crippen LogP contribution in [0.2, 0.25) is 0 Å². The summed E-state index contributed by atoms with van der Waals surface area (Å²) in [5, 5.41) is 11.5. The van der Waals surface area contributed by atoms with E-state index in [2.05, 4.69) is 31.9 Å². The number of benzene rings is 2. The molecule has 0 radical (unpaired) electrons. The van der Waals surface area contributed by atoms with Gasteiger partial charge in [0.1, 0.15) is 36.2 Å². The Labute approximate surface area is 254 Å². The number of hydrogen-bond acceptors (Lipinski definition) is 8. The Bertz CT molecular complexity index is 1880. The number of amides is 1. The molecule has 1 aliphatic carbocycles. The molecule has 2 fully saturated rings. The summed E-state index contributed by atoms with van der Waals surface area (Å²) in [5.74, 6) is 1.79. The van der Waals surface area contributed by atoms with E-state index in [9.17, 15) is 9.90 Å². The minimum atomic E-state index is -0.272. The summed E-state index contributed by atoms with van der Waals surface area (Å²) in [5.41, 5.74) is 6.59. The molecule has 5 heterocycles. The molecule has 8 rings (SSSR count). The SMILES string of the molecule is CN1CC(Oc2ccc(-c3cc4c(-c5cccc(N6CCOc7cc(C8CC8)ccc7C6=O)c5CO)ncnc4[nH]3)nc2)C1. The summed E-state index contributed by atoms with van der Waals surface area (Å²) < 4.78 is 12.0. The van der Waals surface area contributed by atoms with Gasteiger partial charge in [-0.2, -0.15) is 0 Å². The lowest BCUT2D eigenvalue weighted by molar-refractivity contribution is 0.0386. The molecule has 3 aromatic heterocycles. The van der Waals surface area contributed by atoms with Crippen LogP contribution in [0.5, 0.6) is 11.5 Å². The van der Waals surface area contributed by atoms with E-state index in [1.54, 1.807) is 11.1 Å². The number of carbonyl (C=O) groups excluding carboxylic acids is 1. The number of nitrogens with zero attached hydrogens (tertiary/aromatic N) is 5. The third-order valence-electron chi connectivity index (χ3n) is 8.73. The van der Waals surface area contributed by atoms with E-state index in [4.69, 9.17) is 9.47 Å². The molecule has 5 aromatic rings. The van der Waals surface area contributed by atoms with Gasteiger partial charge in [0.2, 0.25) is 0 Å². The number of likely N-dealkylation sites (tertiary alicyclic amines) is 1. The number of H-pyrrole nitrogens is 1. The van der Waals surface area contributed by atoms with Crippen molar-refractivity contribution in [2.45, 2.75) is 31.5 Å². The Morgan fingerprint density at radius 2 is 1.93 bits per heavy atom. The second-order valence-electron chi connectivity index (χ2n) is 11.8. The largest absolute Gasteiger partial charge is 0.491 e. The number of aliphatic hydroxyl groups is 1. The number of likely N-dealkylation sites (N-methyl/N-ethyl adjacent to an activating group) is 1. The van der Waals surface area contributed by atoms with E-state index in [1.807, 2.05) is 54.6 Å². The molecule has 0 spiro atoms. The summed E-state index contributed by atoms with van der Waals surface area (Å²) in [6.45, 7) is 2.27. The van der Waals surface area contributed by atoms with Crippen molar-refractivity contribution in [1.29, 1.82) is 0 Å². The maximum atomic E-state index is 13.9. The van der Waals surface area contributed by atoms with Crippen LogP contribution in [0.1, 0.15) is 40.2 Å². The average Bonchev–Trinajstić information content (AvgIpc) is 3.82. The number of rotatable bonds is 7. The second-order valence-corrected chi connectivity index (χ2v) is 11.8. The molecule has 1 amide bonds. The predicted octanol–water partition coefficient (Wildman–Crippen LogP) is 4.79. The number of hydrogen-bond donors (Lipinski definition) is 2. The highest BCUT2D eigenvalue weighted by Gasteiger charge is 2.30. The van der Waals surface area contributed by atoms with Crippen LogP contribution in [0.15, 0.2) is 67.1 Å². The Morgan fingerprint density at radius 1 is 1.05 bits per heavy atom. The van der Waals surface area contributed by atoms with Crippen LogP contribution in [-0.2, 0) is 6.61 Å². The van der Waals surface area contributed by atoms with Crippen molar-refractivity contribution in [3.8, 4) is 34.1 Å². The average molecular weight is 589 g/mol. The van der Waals surface area contributed by atoms with E-state index >= 15 is 0 Å². The standard InChI is InChI=1S/C34H32N6O4/c1-39-16-23(17-39)44-22-8-10-28(35-15-22)29-14-26-32(36-19-37-33(26)38-29)24-3-2-4-30(27(24)18-41)40-11-12-43-31-13-21(20-5-6-20)7-9-25(31)34(40)42/h2-4,7-10,13-15,19-20,23,41H,5-6,11-12,16-18H2,1H3,(H,36,37,38). The van der Waals surface area contributed by atoms with Crippen molar-refractivity contribution < 1.29 is 19.4 Å². The van der Waals surface area contributed by atoms with Gasteiger partial charge in [0.25, 0.3) is 5.91 Å². The Hall–Kier alpha value is -4.80. The van der Waals surface area contributed by atoms with Gasteiger partial charge in [0.15, 0.2) is 0 Å². The van der Waals surface area contributed by atoms with Crippen LogP contribution in [0.4, 0.5) is 5.69 Å². The van der Waals surface area contributed by atoms with Crippen LogP contribution in [-0.4, -0.2) is 75.2 Å². The zero-order chi connectivity index (χ0) is 29.8. The highest BCUT2D eigenvalue weighted by molar-refractivity contribution is 6.09. The molecule has 1 saturated carbocycles. The van der Waals surface area contributed by atoms with Crippen molar-refractivity contribution >= 4 is 22.6 Å². The summed E-state index contributed by atoms with van der Waals surface area (Å²) in [4.78, 5) is 34.9. The molecule has 2 N–H and O–H groups in total. The third kappa shape index (κ3) is 4.76. The first-order valence-electron chi connectivity index (χ1n) is 15.0. The van der Waals surface area contributed by atoms with Gasteiger partial charge >= 0.3 is 0 Å². The van der Waals surface area contributed by atoms with E-state index in [0.717, 1.165) is 41.2 Å². The number of nitrogens with one attached hydrogen (secondary N) is 1. The first-order valence-corrected chi connectivity index (χ1v) is 15.0. The number of fused-ring (bicyclic) bond motifs is 2. The summed E-state index contributed by atoms with van der Waals surface area (Å²) >= 11 is 0. The lowest BCUT2D eigenvalue weighted by Crippen LogP contribution is -2.51. The molecule has 0 atom stereocenters. The van der Waals surface area contributed by atoms with Crippen molar-refractivity contribution in [3.63, 3.8) is 0 Å². The molecule has 222 valence electrons. The smallest absolute Gasteiger partial charge is 0.262 e. The summed E-state index contributed by atoms with van der Waals surface area (Å²) in [6, 6.07) is 17.4. The van der Waals surface area contributed by atoms with Gasteiger partial charge in [-0.1, -0.05) is 18.2 Å². The van der Waals surface area contributed by atoms with Crippen LogP contribution in [0, 0.1) is 0 Å². The van der Waals surface area contributed by atoms with Crippen molar-refractivity contribution in [3.05, 3.63) is 83.8 Å². The molecule has 0 bridgehead atoms. The van der Waals surface area contributed by atoms with Gasteiger partial charge in [-0.3, -0.25) is 14.7 Å². The van der Waals surface area contributed by atoms with Gasteiger partial charge in [-0.05, 0) is 67.8 Å². The summed E-state index contributed by atoms with van der Waals surface area (Å²) in [6.07, 6.45) is 5.81. The molecule has 3 aliphatic rings. The normalized spacial score (nSPS) is 17.2. The molecular weight excluding hydrogens is 556 g/mol. The predicted molar refractivity (Wildman–Crippen MR) is 166 cm³/mol. The molecule has 10 nitrogen and oxygen atoms in total. The van der Waals surface area contributed by atoms with E-state index in [1.165, 1.54) is 24.7 Å². The van der Waals surface area contributed by atoms with Crippen LogP contribution >= 0.6 is 0 Å². The van der Waals surface area contributed by atoms with E-state index < -0.39 is 0 Å². The zero-order valence-corrected chi connectivity index (χ0v) is 24.4. The number of aromatic amines is 1. The van der Waals surface area contributed by atoms with Gasteiger partial charge in [-0.25, -0.2) is 9.97 Å². The Balaban J connectivity index is 1.12. The molecule has 44 heavy (non-hydrogen) atoms. The fourth-order valence-corrected chi connectivity index (χ4v) is 6.26. The molecule has 1 saturated heterocycles. The number of pyridine rings is 1. The molecule has 10 heteroatoms. The molecule has 0 unspecified atom stereocenters. The third-order valence-corrected chi connectivity index (χ3v) is 8.73. The van der Waals surface area contributed by atoms with Gasteiger partial charge in [0.05, 0.1) is 47.7 Å². The minimum absolute atomic E-state index is 0.147. The minimum Gasteiger partial charge on any atom is -0.491 e. The van der Waals surface area contributed by atoms with Crippen molar-refractivity contribution in [2.75, 3.05) is 38.2 Å². The molecule has 2 aromatic carbocycles. The van der Waals surface area contributed by atoms with Crippen molar-refractivity contribution in [1.82, 2.24) is 24.8 Å². The van der Waals surface area contributed by atoms with Crippen LogP contribution in [0.3, 0.4) is 0 Å². The monoisotopic (exact) mass is 588 g/mol. The number of aromatic nitrogens is 4. The number of anilines is 1. The zero-order valence-electron chi connectivity index (χ0n) is 24.4. The highest BCUT2D eigenvalue weighted by Crippen LogP contribution is 2.43. The highest BCUT2D eigenvalue weighted by atomic mass is 16.5. The molecule has 2 aliphatic heterocycles. The second kappa shape index (κ2) is 10.7. The van der Waals surface area contributed by atoms with Gasteiger partial charge < -0.3 is 24.5 Å².